The summed E-state index contributed by atoms with van der Waals surface area (Å²) in [6.07, 6.45) is 0. The Hall–Kier alpha value is -1.71. The van der Waals surface area contributed by atoms with Crippen LogP contribution in [0.1, 0.15) is 5.56 Å². The molecule has 0 spiro atoms. The highest BCUT2D eigenvalue weighted by Gasteiger charge is 2.13. The summed E-state index contributed by atoms with van der Waals surface area (Å²) in [7, 11) is 0. The number of amidine groups is 1. The number of halogens is 2. The van der Waals surface area contributed by atoms with Gasteiger partial charge in [0.15, 0.2) is 0 Å². The van der Waals surface area contributed by atoms with Gasteiger partial charge in [-0.15, -0.1) is 0 Å². The number of hydrogen-bond acceptors (Lipinski definition) is 3. The Balaban J connectivity index is 1.92. The fourth-order valence-corrected chi connectivity index (χ4v) is 2.28. The molecule has 1 aliphatic rings. The summed E-state index contributed by atoms with van der Waals surface area (Å²) in [5, 5.41) is 4.22. The van der Waals surface area contributed by atoms with Crippen LogP contribution in [-0.2, 0) is 0 Å². The molecular weight excluding hydrogens is 295 g/mol. The van der Waals surface area contributed by atoms with Crippen LogP contribution in [0, 0.1) is 0 Å². The molecule has 0 bridgehead atoms. The first-order chi connectivity index (χ1) is 9.74. The molecule has 3 nitrogen and oxygen atoms in total. The molecule has 0 atom stereocenters. The molecule has 2 aromatic carbocycles. The van der Waals surface area contributed by atoms with Gasteiger partial charge in [-0.25, -0.2) is 0 Å². The van der Waals surface area contributed by atoms with E-state index in [1.807, 2.05) is 24.3 Å². The zero-order valence-electron chi connectivity index (χ0n) is 10.6. The fourth-order valence-electron chi connectivity index (χ4n) is 2.00. The first kappa shape index (κ1) is 13.3. The molecule has 2 aromatic rings. The topological polar surface area (TPSA) is 33.6 Å². The lowest BCUT2D eigenvalue weighted by atomic mass is 10.2. The molecule has 20 heavy (non-hydrogen) atoms. The van der Waals surface area contributed by atoms with Gasteiger partial charge in [-0.2, -0.15) is 0 Å². The molecule has 1 N–H and O–H groups in total. The van der Waals surface area contributed by atoms with Gasteiger partial charge in [0.1, 0.15) is 17.3 Å². The van der Waals surface area contributed by atoms with E-state index in [0.29, 0.717) is 15.8 Å². The standard InChI is InChI=1S/C15H12Cl2N2O/c16-12-6-5-10(9-13(12)17)20-14-4-2-1-3-11(14)15-18-7-8-19-15/h1-6,9H,7-8H2,(H,18,19). The van der Waals surface area contributed by atoms with E-state index in [4.69, 9.17) is 27.9 Å². The SMILES string of the molecule is Clc1ccc(Oc2ccccc2C2=NCCN2)cc1Cl. The van der Waals surface area contributed by atoms with E-state index in [2.05, 4.69) is 10.3 Å². The maximum atomic E-state index is 6.00. The van der Waals surface area contributed by atoms with Gasteiger partial charge in [0.2, 0.25) is 0 Å². The normalized spacial score (nSPS) is 13.8. The number of aliphatic imine (C=N–C) groups is 1. The van der Waals surface area contributed by atoms with Crippen LogP contribution >= 0.6 is 23.2 Å². The Bertz CT molecular complexity index is 671. The molecule has 5 heteroatoms. The summed E-state index contributed by atoms with van der Waals surface area (Å²) >= 11 is 11.9. The van der Waals surface area contributed by atoms with Gasteiger partial charge in [0.05, 0.1) is 22.2 Å². The molecule has 0 aliphatic carbocycles. The van der Waals surface area contributed by atoms with E-state index < -0.39 is 0 Å². The molecule has 0 saturated heterocycles. The monoisotopic (exact) mass is 306 g/mol. The maximum Gasteiger partial charge on any atom is 0.138 e. The lowest BCUT2D eigenvalue weighted by Crippen LogP contribution is -2.19. The van der Waals surface area contributed by atoms with Crippen LogP contribution in [0.2, 0.25) is 10.0 Å². The van der Waals surface area contributed by atoms with Crippen molar-refractivity contribution in [2.45, 2.75) is 0 Å². The van der Waals surface area contributed by atoms with E-state index >= 15 is 0 Å². The molecule has 3 rings (SSSR count). The Morgan fingerprint density at radius 3 is 2.65 bits per heavy atom. The smallest absolute Gasteiger partial charge is 0.138 e. The first-order valence-corrected chi connectivity index (χ1v) is 7.00. The number of ether oxygens (including phenoxy) is 1. The lowest BCUT2D eigenvalue weighted by molar-refractivity contribution is 0.481. The van der Waals surface area contributed by atoms with E-state index in [0.717, 1.165) is 30.2 Å². The predicted molar refractivity (Wildman–Crippen MR) is 82.4 cm³/mol. The van der Waals surface area contributed by atoms with Gasteiger partial charge < -0.3 is 10.1 Å². The highest BCUT2D eigenvalue weighted by atomic mass is 35.5. The second-order valence-electron chi connectivity index (χ2n) is 4.33. The molecule has 102 valence electrons. The summed E-state index contributed by atoms with van der Waals surface area (Å²) < 4.78 is 5.89. The van der Waals surface area contributed by atoms with Crippen LogP contribution < -0.4 is 10.1 Å². The highest BCUT2D eigenvalue weighted by Crippen LogP contribution is 2.31. The number of rotatable bonds is 3. The minimum Gasteiger partial charge on any atom is -0.457 e. The number of nitrogens with one attached hydrogen (secondary N) is 1. The second-order valence-corrected chi connectivity index (χ2v) is 5.15. The molecule has 0 saturated carbocycles. The highest BCUT2D eigenvalue weighted by molar-refractivity contribution is 6.42. The third kappa shape index (κ3) is 2.74. The van der Waals surface area contributed by atoms with Crippen LogP contribution in [0.15, 0.2) is 47.5 Å². The van der Waals surface area contributed by atoms with Gasteiger partial charge in [0, 0.05) is 12.6 Å². The third-order valence-corrected chi connectivity index (χ3v) is 3.67. The van der Waals surface area contributed by atoms with Crippen molar-refractivity contribution in [1.82, 2.24) is 5.32 Å². The van der Waals surface area contributed by atoms with E-state index in [-0.39, 0.29) is 0 Å². The number of para-hydroxylation sites is 1. The van der Waals surface area contributed by atoms with E-state index in [9.17, 15) is 0 Å². The van der Waals surface area contributed by atoms with Gasteiger partial charge in [-0.05, 0) is 24.3 Å². The van der Waals surface area contributed by atoms with E-state index in [1.165, 1.54) is 0 Å². The largest absolute Gasteiger partial charge is 0.457 e. The van der Waals surface area contributed by atoms with Crippen LogP contribution in [0.25, 0.3) is 0 Å². The lowest BCUT2D eigenvalue weighted by Gasteiger charge is -2.11. The van der Waals surface area contributed by atoms with Crippen molar-refractivity contribution in [3.05, 3.63) is 58.1 Å². The second kappa shape index (κ2) is 5.73. The summed E-state index contributed by atoms with van der Waals surface area (Å²) in [6, 6.07) is 13.0. The Morgan fingerprint density at radius 2 is 1.90 bits per heavy atom. The van der Waals surface area contributed by atoms with Crippen molar-refractivity contribution < 1.29 is 4.74 Å². The number of benzene rings is 2. The molecule has 0 radical (unpaired) electrons. The van der Waals surface area contributed by atoms with Gasteiger partial charge >= 0.3 is 0 Å². The summed E-state index contributed by atoms with van der Waals surface area (Å²) in [5.74, 6) is 2.24. The van der Waals surface area contributed by atoms with Crippen LogP contribution in [0.5, 0.6) is 11.5 Å². The fraction of sp³-hybridized carbons (Fsp3) is 0.133. The summed E-state index contributed by atoms with van der Waals surface area (Å²) in [4.78, 5) is 4.42. The maximum absolute atomic E-state index is 6.00. The van der Waals surface area contributed by atoms with Crippen molar-refractivity contribution in [3.63, 3.8) is 0 Å². The molecule has 0 aromatic heterocycles. The molecule has 0 unspecified atom stereocenters. The average molecular weight is 307 g/mol. The van der Waals surface area contributed by atoms with Crippen LogP contribution in [0.3, 0.4) is 0 Å². The Kier molecular flexibility index (Phi) is 3.81. The third-order valence-electron chi connectivity index (χ3n) is 2.94. The minimum absolute atomic E-state index is 0.470. The van der Waals surface area contributed by atoms with Crippen molar-refractivity contribution in [1.29, 1.82) is 0 Å². The van der Waals surface area contributed by atoms with Crippen LogP contribution in [0.4, 0.5) is 0 Å². The first-order valence-electron chi connectivity index (χ1n) is 6.24. The predicted octanol–water partition coefficient (Wildman–Crippen LogP) is 4.14. The van der Waals surface area contributed by atoms with Crippen molar-refractivity contribution in [2.24, 2.45) is 4.99 Å². The summed E-state index contributed by atoms with van der Waals surface area (Å²) in [6.45, 7) is 1.65. The van der Waals surface area contributed by atoms with E-state index in [1.54, 1.807) is 18.2 Å². The van der Waals surface area contributed by atoms with Crippen molar-refractivity contribution in [2.75, 3.05) is 13.1 Å². The van der Waals surface area contributed by atoms with Gasteiger partial charge in [0.25, 0.3) is 0 Å². The van der Waals surface area contributed by atoms with Gasteiger partial charge in [-0.3, -0.25) is 4.99 Å². The Labute approximate surface area is 127 Å². The van der Waals surface area contributed by atoms with Gasteiger partial charge in [-0.1, -0.05) is 35.3 Å². The summed E-state index contributed by atoms with van der Waals surface area (Å²) in [5.41, 5.74) is 0.941. The zero-order valence-corrected chi connectivity index (χ0v) is 12.1. The van der Waals surface area contributed by atoms with Crippen LogP contribution in [-0.4, -0.2) is 18.9 Å². The molecule has 0 amide bonds. The zero-order chi connectivity index (χ0) is 13.9. The average Bonchev–Trinajstić information content (AvgIpc) is 2.97. The number of hydrogen-bond donors (Lipinski definition) is 1. The van der Waals surface area contributed by atoms with Crippen molar-refractivity contribution in [3.8, 4) is 11.5 Å². The Morgan fingerprint density at radius 1 is 1.05 bits per heavy atom. The molecular formula is C15H12Cl2N2O. The molecule has 1 heterocycles. The minimum atomic E-state index is 0.470. The quantitative estimate of drug-likeness (QED) is 0.925. The van der Waals surface area contributed by atoms with Crippen molar-refractivity contribution >= 4 is 29.0 Å². The molecule has 0 fully saturated rings. The molecule has 1 aliphatic heterocycles. The number of nitrogens with zero attached hydrogens (tertiary/aromatic N) is 1.